The minimum atomic E-state index is 0.735. The van der Waals surface area contributed by atoms with Crippen molar-refractivity contribution in [3.05, 3.63) is 44.7 Å². The Morgan fingerprint density at radius 3 is 2.67 bits per heavy atom. The molecule has 0 saturated heterocycles. The van der Waals surface area contributed by atoms with Gasteiger partial charge in [-0.1, -0.05) is 23.4 Å². The summed E-state index contributed by atoms with van der Waals surface area (Å²) in [6.07, 6.45) is 2.06. The van der Waals surface area contributed by atoms with Crippen LogP contribution in [-0.2, 0) is 6.42 Å². The standard InChI is InChI=1S/C13H13BrClNS2/c14-12-8-9(2-1-7-16)13(18-12)17-11-5-3-10(15)4-6-11/h3-6,8H,1-2,7,16H2. The highest BCUT2D eigenvalue weighted by Gasteiger charge is 2.09. The summed E-state index contributed by atoms with van der Waals surface area (Å²) in [5, 5.41) is 0.773. The van der Waals surface area contributed by atoms with Gasteiger partial charge in [-0.05, 0) is 71.2 Å². The molecule has 0 fully saturated rings. The molecule has 1 aromatic heterocycles. The predicted octanol–water partition coefficient (Wildman–Crippen LogP) is 5.21. The van der Waals surface area contributed by atoms with Crippen LogP contribution in [-0.4, -0.2) is 6.54 Å². The van der Waals surface area contributed by atoms with Crippen molar-refractivity contribution in [2.45, 2.75) is 21.9 Å². The van der Waals surface area contributed by atoms with E-state index in [1.807, 2.05) is 24.3 Å². The quantitative estimate of drug-likeness (QED) is 0.790. The summed E-state index contributed by atoms with van der Waals surface area (Å²) in [5.74, 6) is 0. The van der Waals surface area contributed by atoms with E-state index in [1.165, 1.54) is 18.5 Å². The Morgan fingerprint density at radius 1 is 1.28 bits per heavy atom. The summed E-state index contributed by atoms with van der Waals surface area (Å²) >= 11 is 13.0. The molecule has 1 nitrogen and oxygen atoms in total. The first-order valence-electron chi connectivity index (χ1n) is 5.60. The van der Waals surface area contributed by atoms with Crippen LogP contribution in [0, 0.1) is 0 Å². The normalized spacial score (nSPS) is 10.8. The van der Waals surface area contributed by atoms with Gasteiger partial charge in [0.05, 0.1) is 8.00 Å². The van der Waals surface area contributed by atoms with Gasteiger partial charge in [-0.3, -0.25) is 0 Å². The molecule has 0 radical (unpaired) electrons. The molecule has 0 aliphatic heterocycles. The first kappa shape index (κ1) is 14.4. The van der Waals surface area contributed by atoms with Crippen molar-refractivity contribution in [1.29, 1.82) is 0 Å². The largest absolute Gasteiger partial charge is 0.330 e. The Hall–Kier alpha value is -0.000000000000000167. The van der Waals surface area contributed by atoms with E-state index in [4.69, 9.17) is 17.3 Å². The number of benzene rings is 1. The van der Waals surface area contributed by atoms with Crippen LogP contribution in [0.5, 0.6) is 0 Å². The highest BCUT2D eigenvalue weighted by molar-refractivity contribution is 9.11. The average Bonchev–Trinajstić information content (AvgIpc) is 2.70. The summed E-state index contributed by atoms with van der Waals surface area (Å²) in [6.45, 7) is 0.735. The SMILES string of the molecule is NCCCc1cc(Br)sc1Sc1ccc(Cl)cc1. The van der Waals surface area contributed by atoms with Crippen molar-refractivity contribution < 1.29 is 0 Å². The summed E-state index contributed by atoms with van der Waals surface area (Å²) in [6, 6.07) is 10.1. The number of rotatable bonds is 5. The van der Waals surface area contributed by atoms with E-state index < -0.39 is 0 Å². The van der Waals surface area contributed by atoms with E-state index in [0.29, 0.717) is 0 Å². The lowest BCUT2D eigenvalue weighted by Crippen LogP contribution is -2.00. The van der Waals surface area contributed by atoms with Gasteiger partial charge in [-0.15, -0.1) is 11.3 Å². The Kier molecular flexibility index (Phi) is 5.57. The van der Waals surface area contributed by atoms with Crippen LogP contribution < -0.4 is 5.73 Å². The molecule has 0 aliphatic rings. The molecule has 0 aliphatic carbocycles. The number of nitrogens with two attached hydrogens (primary N) is 1. The average molecular weight is 363 g/mol. The number of hydrogen-bond donors (Lipinski definition) is 1. The molecule has 1 heterocycles. The molecule has 0 spiro atoms. The third kappa shape index (κ3) is 4.00. The van der Waals surface area contributed by atoms with Crippen molar-refractivity contribution in [3.8, 4) is 0 Å². The predicted molar refractivity (Wildman–Crippen MR) is 85.0 cm³/mol. The third-order valence-electron chi connectivity index (χ3n) is 2.41. The molecule has 0 unspecified atom stereocenters. The van der Waals surface area contributed by atoms with Crippen LogP contribution in [0.4, 0.5) is 0 Å². The zero-order valence-corrected chi connectivity index (χ0v) is 13.6. The number of thiophene rings is 1. The van der Waals surface area contributed by atoms with Gasteiger partial charge in [0.1, 0.15) is 0 Å². The van der Waals surface area contributed by atoms with E-state index in [-0.39, 0.29) is 0 Å². The molecule has 0 bridgehead atoms. The van der Waals surface area contributed by atoms with Crippen molar-refractivity contribution in [2.75, 3.05) is 6.54 Å². The maximum Gasteiger partial charge on any atom is 0.0713 e. The fraction of sp³-hybridized carbons (Fsp3) is 0.231. The molecular weight excluding hydrogens is 350 g/mol. The second kappa shape index (κ2) is 6.96. The van der Waals surface area contributed by atoms with Gasteiger partial charge in [0.15, 0.2) is 0 Å². The Morgan fingerprint density at radius 2 is 2.00 bits per heavy atom. The number of halogens is 2. The Labute approximate surface area is 129 Å². The lowest BCUT2D eigenvalue weighted by Gasteiger charge is -2.03. The van der Waals surface area contributed by atoms with Gasteiger partial charge >= 0.3 is 0 Å². The molecular formula is C13H13BrClNS2. The minimum absolute atomic E-state index is 0.735. The van der Waals surface area contributed by atoms with E-state index >= 15 is 0 Å². The summed E-state index contributed by atoms with van der Waals surface area (Å²) in [5.41, 5.74) is 6.95. The molecule has 1 aromatic carbocycles. The van der Waals surface area contributed by atoms with E-state index in [9.17, 15) is 0 Å². The van der Waals surface area contributed by atoms with Gasteiger partial charge in [0.25, 0.3) is 0 Å². The monoisotopic (exact) mass is 361 g/mol. The number of hydrogen-bond acceptors (Lipinski definition) is 3. The van der Waals surface area contributed by atoms with Crippen LogP contribution in [0.25, 0.3) is 0 Å². The molecule has 0 atom stereocenters. The van der Waals surface area contributed by atoms with Crippen molar-refractivity contribution >= 4 is 50.6 Å². The van der Waals surface area contributed by atoms with Crippen molar-refractivity contribution in [3.63, 3.8) is 0 Å². The maximum absolute atomic E-state index is 5.89. The number of aryl methyl sites for hydroxylation is 1. The van der Waals surface area contributed by atoms with E-state index in [0.717, 1.165) is 24.4 Å². The van der Waals surface area contributed by atoms with Crippen LogP contribution >= 0.6 is 50.6 Å². The van der Waals surface area contributed by atoms with E-state index in [1.54, 1.807) is 23.1 Å². The second-order valence-electron chi connectivity index (χ2n) is 3.81. The van der Waals surface area contributed by atoms with Crippen molar-refractivity contribution in [1.82, 2.24) is 0 Å². The first-order chi connectivity index (χ1) is 8.69. The molecule has 5 heteroatoms. The smallest absolute Gasteiger partial charge is 0.0713 e. The lowest BCUT2D eigenvalue weighted by molar-refractivity contribution is 0.826. The minimum Gasteiger partial charge on any atom is -0.330 e. The molecule has 2 aromatic rings. The molecule has 2 rings (SSSR count). The molecule has 0 saturated carbocycles. The van der Waals surface area contributed by atoms with Crippen LogP contribution in [0.2, 0.25) is 5.02 Å². The Bertz CT molecular complexity index is 510. The molecule has 0 amide bonds. The van der Waals surface area contributed by atoms with Gasteiger partial charge < -0.3 is 5.73 Å². The highest BCUT2D eigenvalue weighted by Crippen LogP contribution is 2.39. The summed E-state index contributed by atoms with van der Waals surface area (Å²) in [7, 11) is 0. The zero-order valence-electron chi connectivity index (χ0n) is 9.66. The van der Waals surface area contributed by atoms with Crippen LogP contribution in [0.1, 0.15) is 12.0 Å². The maximum atomic E-state index is 5.89. The van der Waals surface area contributed by atoms with Gasteiger partial charge in [0.2, 0.25) is 0 Å². The second-order valence-corrected chi connectivity index (χ2v) is 8.02. The molecule has 96 valence electrons. The van der Waals surface area contributed by atoms with Crippen molar-refractivity contribution in [2.24, 2.45) is 5.73 Å². The van der Waals surface area contributed by atoms with Gasteiger partial charge in [-0.25, -0.2) is 0 Å². The molecule has 18 heavy (non-hydrogen) atoms. The van der Waals surface area contributed by atoms with Gasteiger partial charge in [-0.2, -0.15) is 0 Å². The summed E-state index contributed by atoms with van der Waals surface area (Å²) < 4.78 is 2.50. The highest BCUT2D eigenvalue weighted by atomic mass is 79.9. The first-order valence-corrected chi connectivity index (χ1v) is 8.41. The Balaban J connectivity index is 2.14. The summed E-state index contributed by atoms with van der Waals surface area (Å²) in [4.78, 5) is 1.21. The van der Waals surface area contributed by atoms with E-state index in [2.05, 4.69) is 22.0 Å². The third-order valence-corrected chi connectivity index (χ3v) is 5.60. The van der Waals surface area contributed by atoms with Crippen LogP contribution in [0.15, 0.2) is 43.2 Å². The fourth-order valence-corrected chi connectivity index (χ4v) is 4.93. The topological polar surface area (TPSA) is 26.0 Å². The van der Waals surface area contributed by atoms with Crippen LogP contribution in [0.3, 0.4) is 0 Å². The zero-order chi connectivity index (χ0) is 13.0. The molecule has 2 N–H and O–H groups in total. The lowest BCUT2D eigenvalue weighted by atomic mass is 10.2. The van der Waals surface area contributed by atoms with Gasteiger partial charge in [0, 0.05) is 9.92 Å². The fourth-order valence-electron chi connectivity index (χ4n) is 1.54.